The molecule has 0 N–H and O–H groups in total. The lowest BCUT2D eigenvalue weighted by atomic mass is 10.1. The third kappa shape index (κ3) is 2.43. The highest BCUT2D eigenvalue weighted by molar-refractivity contribution is 5.77. The molecule has 0 bridgehead atoms. The lowest BCUT2D eigenvalue weighted by Crippen LogP contribution is -2.30. The van der Waals surface area contributed by atoms with Crippen molar-refractivity contribution >= 4 is 10.9 Å². The second kappa shape index (κ2) is 5.58. The Balaban J connectivity index is 1.75. The summed E-state index contributed by atoms with van der Waals surface area (Å²) in [5.74, 6) is 1.38. The molecule has 3 heterocycles. The van der Waals surface area contributed by atoms with Gasteiger partial charge in [0.05, 0.1) is 23.5 Å². The summed E-state index contributed by atoms with van der Waals surface area (Å²) in [7, 11) is 1.79. The van der Waals surface area contributed by atoms with Crippen molar-refractivity contribution in [2.75, 3.05) is 6.54 Å². The fraction of sp³-hybridized carbons (Fsp3) is 0.375. The highest BCUT2D eigenvalue weighted by Crippen LogP contribution is 2.31. The first-order valence-corrected chi connectivity index (χ1v) is 7.69. The molecule has 1 aromatic carbocycles. The Morgan fingerprint density at radius 2 is 2.22 bits per heavy atom. The van der Waals surface area contributed by atoms with Crippen LogP contribution >= 0.6 is 0 Å². The number of para-hydroxylation sites is 1. The molecule has 0 amide bonds. The lowest BCUT2D eigenvalue weighted by molar-refractivity contribution is 0.212. The molecule has 7 nitrogen and oxygen atoms in total. The van der Waals surface area contributed by atoms with Crippen LogP contribution in [0.25, 0.3) is 10.9 Å². The molecule has 0 spiro atoms. The van der Waals surface area contributed by atoms with Crippen LogP contribution in [0.2, 0.25) is 0 Å². The van der Waals surface area contributed by atoms with E-state index >= 15 is 0 Å². The third-order valence-corrected chi connectivity index (χ3v) is 4.42. The fourth-order valence-electron chi connectivity index (χ4n) is 3.28. The molecule has 23 heavy (non-hydrogen) atoms. The van der Waals surface area contributed by atoms with Crippen LogP contribution in [0, 0.1) is 0 Å². The zero-order valence-corrected chi connectivity index (χ0v) is 12.8. The number of hydrogen-bond donors (Lipinski definition) is 0. The van der Waals surface area contributed by atoms with Crippen LogP contribution in [-0.2, 0) is 13.6 Å². The van der Waals surface area contributed by atoms with Crippen molar-refractivity contribution < 1.29 is 4.42 Å². The van der Waals surface area contributed by atoms with E-state index < -0.39 is 0 Å². The van der Waals surface area contributed by atoms with Gasteiger partial charge in [0.15, 0.2) is 0 Å². The third-order valence-electron chi connectivity index (χ3n) is 4.42. The van der Waals surface area contributed by atoms with E-state index in [0.29, 0.717) is 17.8 Å². The molecule has 1 aliphatic heterocycles. The van der Waals surface area contributed by atoms with Crippen molar-refractivity contribution in [1.82, 2.24) is 24.6 Å². The predicted molar refractivity (Wildman–Crippen MR) is 83.7 cm³/mol. The van der Waals surface area contributed by atoms with Crippen LogP contribution in [-0.4, -0.2) is 31.2 Å². The number of fused-ring (bicyclic) bond motifs is 1. The van der Waals surface area contributed by atoms with Crippen molar-refractivity contribution in [1.29, 1.82) is 0 Å². The number of aromatic nitrogens is 4. The first-order valence-electron chi connectivity index (χ1n) is 7.69. The number of benzene rings is 1. The van der Waals surface area contributed by atoms with Crippen molar-refractivity contribution in [2.24, 2.45) is 7.05 Å². The Morgan fingerprint density at radius 3 is 3.04 bits per heavy atom. The number of hydrogen-bond acceptors (Lipinski definition) is 6. The largest absolute Gasteiger partial charge is 0.427 e. The summed E-state index contributed by atoms with van der Waals surface area (Å²) in [6.45, 7) is 1.50. The zero-order valence-electron chi connectivity index (χ0n) is 12.8. The standard InChI is InChI=1S/C16H17N5O2/c1-20-15(18-12-6-3-2-5-11(12)16(20)22)13-7-4-8-21(13)9-14-19-17-10-23-14/h2-3,5-6,10,13H,4,7-9H2,1H3. The van der Waals surface area contributed by atoms with E-state index in [0.717, 1.165) is 30.7 Å². The Kier molecular flexibility index (Phi) is 3.42. The van der Waals surface area contributed by atoms with Gasteiger partial charge in [0.1, 0.15) is 5.82 Å². The summed E-state index contributed by atoms with van der Waals surface area (Å²) in [5, 5.41) is 8.32. The summed E-state index contributed by atoms with van der Waals surface area (Å²) in [5.41, 5.74) is 0.741. The average molecular weight is 311 g/mol. The summed E-state index contributed by atoms with van der Waals surface area (Å²) < 4.78 is 6.92. The summed E-state index contributed by atoms with van der Waals surface area (Å²) in [6.07, 6.45) is 3.36. The second-order valence-electron chi connectivity index (χ2n) is 5.81. The van der Waals surface area contributed by atoms with Crippen LogP contribution in [0.3, 0.4) is 0 Å². The van der Waals surface area contributed by atoms with E-state index in [1.807, 2.05) is 24.3 Å². The van der Waals surface area contributed by atoms with E-state index in [-0.39, 0.29) is 11.6 Å². The van der Waals surface area contributed by atoms with Gasteiger partial charge in [-0.2, -0.15) is 0 Å². The van der Waals surface area contributed by atoms with E-state index in [2.05, 4.69) is 15.1 Å². The molecule has 118 valence electrons. The highest BCUT2D eigenvalue weighted by atomic mass is 16.4. The maximum atomic E-state index is 12.6. The van der Waals surface area contributed by atoms with Gasteiger partial charge in [-0.05, 0) is 31.5 Å². The molecule has 7 heteroatoms. The molecule has 2 aromatic heterocycles. The zero-order chi connectivity index (χ0) is 15.8. The summed E-state index contributed by atoms with van der Waals surface area (Å²) >= 11 is 0. The average Bonchev–Trinajstić information content (AvgIpc) is 3.23. The van der Waals surface area contributed by atoms with E-state index in [4.69, 9.17) is 9.40 Å². The Labute approximate surface area is 132 Å². The Bertz CT molecular complexity index is 887. The molecule has 1 aliphatic rings. The number of rotatable bonds is 3. The molecule has 0 aliphatic carbocycles. The molecule has 1 unspecified atom stereocenters. The van der Waals surface area contributed by atoms with Crippen LogP contribution in [0.5, 0.6) is 0 Å². The predicted octanol–water partition coefficient (Wildman–Crippen LogP) is 1.65. The molecular weight excluding hydrogens is 294 g/mol. The van der Waals surface area contributed by atoms with Crippen molar-refractivity contribution in [3.8, 4) is 0 Å². The van der Waals surface area contributed by atoms with E-state index in [1.54, 1.807) is 11.6 Å². The maximum absolute atomic E-state index is 12.6. The van der Waals surface area contributed by atoms with Crippen LogP contribution < -0.4 is 5.56 Å². The van der Waals surface area contributed by atoms with Crippen LogP contribution in [0.15, 0.2) is 39.9 Å². The minimum Gasteiger partial charge on any atom is -0.427 e. The van der Waals surface area contributed by atoms with Gasteiger partial charge in [-0.1, -0.05) is 12.1 Å². The lowest BCUT2D eigenvalue weighted by Gasteiger charge is -2.24. The SMILES string of the molecule is Cn1c(C2CCCN2Cc2nnco2)nc2ccccc2c1=O. The second-order valence-corrected chi connectivity index (χ2v) is 5.81. The van der Waals surface area contributed by atoms with E-state index in [9.17, 15) is 4.79 Å². The molecule has 4 rings (SSSR count). The summed E-state index contributed by atoms with van der Waals surface area (Å²) in [6, 6.07) is 7.56. The topological polar surface area (TPSA) is 77.1 Å². The Hall–Kier alpha value is -2.54. The number of nitrogens with zero attached hydrogens (tertiary/aromatic N) is 5. The molecule has 3 aromatic rings. The van der Waals surface area contributed by atoms with Gasteiger partial charge in [-0.15, -0.1) is 10.2 Å². The van der Waals surface area contributed by atoms with Crippen LogP contribution in [0.1, 0.15) is 30.6 Å². The normalized spacial score (nSPS) is 18.7. The van der Waals surface area contributed by atoms with Gasteiger partial charge in [0.2, 0.25) is 12.3 Å². The molecular formula is C16H17N5O2. The molecule has 1 atom stereocenters. The molecule has 1 saturated heterocycles. The van der Waals surface area contributed by atoms with Crippen LogP contribution in [0.4, 0.5) is 0 Å². The van der Waals surface area contributed by atoms with Gasteiger partial charge in [0.25, 0.3) is 5.56 Å². The quantitative estimate of drug-likeness (QED) is 0.732. The summed E-state index contributed by atoms with van der Waals surface area (Å²) in [4.78, 5) is 19.6. The minimum atomic E-state index is -0.00441. The minimum absolute atomic E-state index is 0.00441. The van der Waals surface area contributed by atoms with Gasteiger partial charge < -0.3 is 4.42 Å². The first-order chi connectivity index (χ1) is 11.2. The highest BCUT2D eigenvalue weighted by Gasteiger charge is 2.30. The Morgan fingerprint density at radius 1 is 1.35 bits per heavy atom. The molecule has 0 radical (unpaired) electrons. The smallest absolute Gasteiger partial charge is 0.261 e. The van der Waals surface area contributed by atoms with Gasteiger partial charge in [0, 0.05) is 7.05 Å². The van der Waals surface area contributed by atoms with Gasteiger partial charge in [-0.3, -0.25) is 14.3 Å². The van der Waals surface area contributed by atoms with Crippen molar-refractivity contribution in [2.45, 2.75) is 25.4 Å². The molecule has 0 saturated carbocycles. The van der Waals surface area contributed by atoms with Gasteiger partial charge in [-0.25, -0.2) is 4.98 Å². The van der Waals surface area contributed by atoms with Crippen molar-refractivity contribution in [3.05, 3.63) is 52.7 Å². The number of likely N-dealkylation sites (tertiary alicyclic amines) is 1. The maximum Gasteiger partial charge on any atom is 0.261 e. The molecule has 1 fully saturated rings. The fourth-order valence-corrected chi connectivity index (χ4v) is 3.28. The van der Waals surface area contributed by atoms with Gasteiger partial charge >= 0.3 is 0 Å². The first kappa shape index (κ1) is 14.1. The van der Waals surface area contributed by atoms with E-state index in [1.165, 1.54) is 6.39 Å². The van der Waals surface area contributed by atoms with Crippen molar-refractivity contribution in [3.63, 3.8) is 0 Å². The monoisotopic (exact) mass is 311 g/mol.